The van der Waals surface area contributed by atoms with Crippen LogP contribution in [0.1, 0.15) is 59.1 Å². The summed E-state index contributed by atoms with van der Waals surface area (Å²) in [6.45, 7) is 16.4. The molecular formula is C19H28F3LiNO3S+. The van der Waals surface area contributed by atoms with Crippen LogP contribution in [0, 0.1) is 12.0 Å². The van der Waals surface area contributed by atoms with Crippen LogP contribution in [-0.4, -0.2) is 24.0 Å². The van der Waals surface area contributed by atoms with Gasteiger partial charge in [-0.15, -0.1) is 0 Å². The van der Waals surface area contributed by atoms with Gasteiger partial charge in [0.1, 0.15) is 5.41 Å². The molecule has 4 nitrogen and oxygen atoms in total. The normalized spacial score (nSPS) is 17.9. The summed E-state index contributed by atoms with van der Waals surface area (Å²) >= 11 is 0. The number of anilines is 1. The van der Waals surface area contributed by atoms with E-state index in [-0.39, 0.29) is 29.8 Å². The van der Waals surface area contributed by atoms with Crippen molar-refractivity contribution in [3.8, 4) is 0 Å². The van der Waals surface area contributed by atoms with E-state index in [0.717, 1.165) is 12.8 Å². The Balaban J connectivity index is 0.000000694. The fourth-order valence-corrected chi connectivity index (χ4v) is 3.66. The first-order valence-electron chi connectivity index (χ1n) is 8.84. The molecule has 0 amide bonds. The molecule has 0 bridgehead atoms. The van der Waals surface area contributed by atoms with E-state index < -0.39 is 15.6 Å². The molecule has 0 aromatic heterocycles. The van der Waals surface area contributed by atoms with Crippen LogP contribution in [0.2, 0.25) is 0 Å². The summed E-state index contributed by atoms with van der Waals surface area (Å²) in [6.07, 6.45) is 3.41. The minimum atomic E-state index is -6.09. The molecule has 0 radical (unpaired) electrons. The molecule has 0 saturated carbocycles. The predicted octanol–water partition coefficient (Wildman–Crippen LogP) is 2.04. The molecule has 1 fully saturated rings. The summed E-state index contributed by atoms with van der Waals surface area (Å²) in [4.78, 5) is 2.55. The molecule has 0 N–H and O–H groups in total. The fourth-order valence-electron chi connectivity index (χ4n) is 3.66. The average Bonchev–Trinajstić information content (AvgIpc) is 2.72. The van der Waals surface area contributed by atoms with Crippen LogP contribution in [0.5, 0.6) is 0 Å². The van der Waals surface area contributed by atoms with Gasteiger partial charge < -0.3 is 4.55 Å². The third-order valence-corrected chi connectivity index (χ3v) is 5.08. The first-order valence-corrected chi connectivity index (χ1v) is 10.2. The maximum absolute atomic E-state index is 10.7. The van der Waals surface area contributed by atoms with E-state index in [0.29, 0.717) is 0 Å². The number of hydrogen-bond acceptors (Lipinski definition) is 4. The number of rotatable bonds is 3. The van der Waals surface area contributed by atoms with E-state index in [2.05, 4.69) is 71.2 Å². The Morgan fingerprint density at radius 2 is 1.50 bits per heavy atom. The second-order valence-corrected chi connectivity index (χ2v) is 9.38. The minimum Gasteiger partial charge on any atom is -0.741 e. The zero-order valence-corrected chi connectivity index (χ0v) is 18.5. The van der Waals surface area contributed by atoms with Gasteiger partial charge in [-0.25, -0.2) is 13.3 Å². The van der Waals surface area contributed by atoms with Crippen LogP contribution in [0.25, 0.3) is 0 Å². The van der Waals surface area contributed by atoms with Crippen LogP contribution < -0.4 is 23.8 Å². The van der Waals surface area contributed by atoms with E-state index >= 15 is 0 Å². The van der Waals surface area contributed by atoms with Crippen molar-refractivity contribution in [1.82, 2.24) is 0 Å². The van der Waals surface area contributed by atoms with Gasteiger partial charge in [0.15, 0.2) is 16.7 Å². The Hall–Kier alpha value is -0.813. The molecule has 1 saturated heterocycles. The van der Waals surface area contributed by atoms with Crippen molar-refractivity contribution in [1.29, 1.82) is 0 Å². The molecule has 0 spiro atoms. The SMILES string of the molecule is CCc1cccc(CC)c1N1[CH+]C(C)(C)CC1(C)C.O=S(=O)([O-])C(F)(F)F.[Li+]. The third kappa shape index (κ3) is 6.62. The molecule has 1 aromatic rings. The number of para-hydroxylation sites is 1. The van der Waals surface area contributed by atoms with Gasteiger partial charge >= 0.3 is 24.4 Å². The van der Waals surface area contributed by atoms with Crippen LogP contribution in [0.4, 0.5) is 18.9 Å². The van der Waals surface area contributed by atoms with E-state index in [9.17, 15) is 13.2 Å². The van der Waals surface area contributed by atoms with Crippen molar-refractivity contribution in [2.45, 2.75) is 71.9 Å². The zero-order valence-electron chi connectivity index (χ0n) is 17.6. The molecule has 1 aliphatic rings. The topological polar surface area (TPSA) is 60.4 Å². The molecule has 0 atom stereocenters. The zero-order chi connectivity index (χ0) is 21.3. The molecule has 1 aliphatic heterocycles. The standard InChI is InChI=1S/C18H28N.CHF3O3S.Li/c1-7-14-10-9-11-15(8-2)16(14)19-13-17(3,4)12-18(19,5)6;2-1(3,4)8(5,6)7;/h9-11,13H,7-8,12H2,1-6H3;(H,5,6,7);/q+1;;+1/p-1. The van der Waals surface area contributed by atoms with Crippen molar-refractivity contribution in [3.63, 3.8) is 0 Å². The van der Waals surface area contributed by atoms with E-state index in [1.807, 2.05) is 0 Å². The molecule has 0 unspecified atom stereocenters. The summed E-state index contributed by atoms with van der Waals surface area (Å²) < 4.78 is 58.9. The number of halogens is 3. The van der Waals surface area contributed by atoms with Gasteiger partial charge in [-0.1, -0.05) is 32.0 Å². The molecule has 9 heteroatoms. The maximum atomic E-state index is 10.7. The van der Waals surface area contributed by atoms with Crippen LogP contribution in [-0.2, 0) is 23.0 Å². The Morgan fingerprint density at radius 3 is 1.75 bits per heavy atom. The van der Waals surface area contributed by atoms with Crippen LogP contribution in [0.3, 0.4) is 0 Å². The van der Waals surface area contributed by atoms with E-state index in [4.69, 9.17) is 13.0 Å². The Kier molecular flexibility index (Phi) is 9.06. The Morgan fingerprint density at radius 1 is 1.11 bits per heavy atom. The number of hydrogen-bond donors (Lipinski definition) is 0. The number of aryl methyl sites for hydroxylation is 2. The summed E-state index contributed by atoms with van der Waals surface area (Å²) in [5.74, 6) is 0. The fraction of sp³-hybridized carbons (Fsp3) is 0.632. The maximum Gasteiger partial charge on any atom is 1.00 e. The molecule has 28 heavy (non-hydrogen) atoms. The smallest absolute Gasteiger partial charge is 0.741 e. The summed E-state index contributed by atoms with van der Waals surface area (Å²) in [5.41, 5.74) is -0.744. The molecule has 0 aliphatic carbocycles. The second kappa shape index (κ2) is 9.33. The van der Waals surface area contributed by atoms with Crippen molar-refractivity contribution in [2.75, 3.05) is 4.90 Å². The van der Waals surface area contributed by atoms with Gasteiger partial charge in [0.25, 0.3) is 0 Å². The van der Waals surface area contributed by atoms with E-state index in [1.54, 1.807) is 0 Å². The molecule has 1 heterocycles. The number of nitrogens with zero attached hydrogens (tertiary/aromatic N) is 1. The van der Waals surface area contributed by atoms with Gasteiger partial charge in [-0.2, -0.15) is 13.2 Å². The summed E-state index contributed by atoms with van der Waals surface area (Å²) in [5, 5.41) is 0. The van der Waals surface area contributed by atoms with Gasteiger partial charge in [-0.3, -0.25) is 0 Å². The quantitative estimate of drug-likeness (QED) is 0.329. The van der Waals surface area contributed by atoms with Gasteiger partial charge in [0.2, 0.25) is 0 Å². The van der Waals surface area contributed by atoms with Gasteiger partial charge in [0.05, 0.1) is 11.2 Å². The third-order valence-electron chi connectivity index (χ3n) is 4.51. The van der Waals surface area contributed by atoms with Crippen molar-refractivity contribution >= 4 is 15.8 Å². The van der Waals surface area contributed by atoms with Gasteiger partial charge in [-0.05, 0) is 51.7 Å². The average molecular weight is 414 g/mol. The second-order valence-electron chi connectivity index (χ2n) is 8.01. The minimum absolute atomic E-state index is 0. The molecule has 2 rings (SSSR count). The van der Waals surface area contributed by atoms with Crippen molar-refractivity contribution in [3.05, 3.63) is 35.9 Å². The predicted molar refractivity (Wildman–Crippen MR) is 100 cm³/mol. The molecule has 1 aromatic carbocycles. The van der Waals surface area contributed by atoms with Crippen LogP contribution >= 0.6 is 0 Å². The molecule has 154 valence electrons. The van der Waals surface area contributed by atoms with Crippen LogP contribution in [0.15, 0.2) is 18.2 Å². The Labute approximate surface area is 178 Å². The number of alkyl halides is 3. The first kappa shape index (κ1) is 27.2. The van der Waals surface area contributed by atoms with E-state index in [1.165, 1.54) is 23.2 Å². The molecular weight excluding hydrogens is 386 g/mol. The monoisotopic (exact) mass is 414 g/mol. The van der Waals surface area contributed by atoms with Crippen molar-refractivity contribution < 1.29 is 45.0 Å². The van der Waals surface area contributed by atoms with Crippen molar-refractivity contribution in [2.24, 2.45) is 5.41 Å². The largest absolute Gasteiger partial charge is 1.00 e. The Bertz CT molecular complexity index is 740. The summed E-state index contributed by atoms with van der Waals surface area (Å²) in [6, 6.07) is 6.77. The summed E-state index contributed by atoms with van der Waals surface area (Å²) in [7, 11) is -6.09. The first-order chi connectivity index (χ1) is 12.1. The van der Waals surface area contributed by atoms with Gasteiger partial charge in [0, 0.05) is 6.42 Å². The number of benzene rings is 1.